The molecule has 4 heteroatoms. The second kappa shape index (κ2) is 5.21. The molecule has 0 atom stereocenters. The van der Waals surface area contributed by atoms with Crippen LogP contribution >= 0.6 is 11.6 Å². The Balaban J connectivity index is 2.79. The lowest BCUT2D eigenvalue weighted by molar-refractivity contribution is -0.137. The molecule has 0 fully saturated rings. The van der Waals surface area contributed by atoms with Crippen LogP contribution < -0.4 is 0 Å². The van der Waals surface area contributed by atoms with Gasteiger partial charge >= 0.3 is 6.18 Å². The van der Waals surface area contributed by atoms with Crippen LogP contribution in [0, 0.1) is 0 Å². The van der Waals surface area contributed by atoms with E-state index >= 15 is 0 Å². The van der Waals surface area contributed by atoms with Crippen LogP contribution in [0.1, 0.15) is 11.1 Å². The maximum atomic E-state index is 12.3. The summed E-state index contributed by atoms with van der Waals surface area (Å²) >= 11 is 5.40. The van der Waals surface area contributed by atoms with Gasteiger partial charge in [-0.1, -0.05) is 30.4 Å². The summed E-state index contributed by atoms with van der Waals surface area (Å²) in [5.41, 5.74) is 0.0189. The van der Waals surface area contributed by atoms with Crippen molar-refractivity contribution < 1.29 is 13.2 Å². The van der Waals surface area contributed by atoms with Crippen LogP contribution in [0.25, 0.3) is 0 Å². The van der Waals surface area contributed by atoms with Crippen LogP contribution in [0.2, 0.25) is 0 Å². The lowest BCUT2D eigenvalue weighted by Crippen LogP contribution is -2.04. The van der Waals surface area contributed by atoms with Crippen molar-refractivity contribution in [1.29, 1.82) is 0 Å². The quantitative estimate of drug-likeness (QED) is 0.547. The van der Waals surface area contributed by atoms with Crippen molar-refractivity contribution in [2.45, 2.75) is 12.6 Å². The fourth-order valence-electron chi connectivity index (χ4n) is 1.16. The lowest BCUT2D eigenvalue weighted by atomic mass is 10.1. The normalized spacial score (nSPS) is 12.3. The fraction of sp³-hybridized carbons (Fsp3) is 0.273. The molecule has 1 aromatic carbocycles. The first kappa shape index (κ1) is 12.1. The van der Waals surface area contributed by atoms with Crippen LogP contribution in [0.4, 0.5) is 13.2 Å². The lowest BCUT2D eigenvalue weighted by Gasteiger charge is -2.07. The summed E-state index contributed by atoms with van der Waals surface area (Å²) in [4.78, 5) is 0. The summed E-state index contributed by atoms with van der Waals surface area (Å²) in [6.07, 6.45) is -0.340. The van der Waals surface area contributed by atoms with Crippen LogP contribution in [-0.2, 0) is 12.6 Å². The Hall–Kier alpha value is -0.960. The van der Waals surface area contributed by atoms with E-state index in [9.17, 15) is 13.2 Å². The van der Waals surface area contributed by atoms with Gasteiger partial charge in [-0.3, -0.25) is 0 Å². The molecule has 0 saturated heterocycles. The molecule has 82 valence electrons. The Morgan fingerprint density at radius 1 is 1.20 bits per heavy atom. The van der Waals surface area contributed by atoms with Gasteiger partial charge in [-0.2, -0.15) is 13.2 Å². The predicted octanol–water partition coefficient (Wildman–Crippen LogP) is 4.04. The van der Waals surface area contributed by atoms with Gasteiger partial charge < -0.3 is 0 Å². The van der Waals surface area contributed by atoms with E-state index in [0.29, 0.717) is 17.9 Å². The molecule has 0 amide bonds. The first-order valence-electron chi connectivity index (χ1n) is 4.41. The molecule has 0 aromatic heterocycles. The van der Waals surface area contributed by atoms with E-state index in [2.05, 4.69) is 0 Å². The zero-order chi connectivity index (χ0) is 11.3. The smallest absolute Gasteiger partial charge is 0.166 e. The molecule has 0 unspecified atom stereocenters. The fourth-order valence-corrected chi connectivity index (χ4v) is 1.28. The summed E-state index contributed by atoms with van der Waals surface area (Å²) in [5, 5.41) is 0. The van der Waals surface area contributed by atoms with E-state index in [1.165, 1.54) is 6.07 Å². The molecule has 0 aliphatic carbocycles. The number of allylic oxidation sites excluding steroid dienone is 2. The summed E-state index contributed by atoms with van der Waals surface area (Å²) in [6, 6.07) is 5.29. The van der Waals surface area contributed by atoms with Gasteiger partial charge in [-0.25, -0.2) is 0 Å². The minimum absolute atomic E-state index is 0.374. The van der Waals surface area contributed by atoms with E-state index in [1.54, 1.807) is 18.2 Å². The monoisotopic (exact) mass is 234 g/mol. The first-order valence-corrected chi connectivity index (χ1v) is 4.94. The maximum Gasteiger partial charge on any atom is 0.416 e. The van der Waals surface area contributed by atoms with Crippen molar-refractivity contribution in [2.24, 2.45) is 0 Å². The highest BCUT2D eigenvalue weighted by molar-refractivity contribution is 6.18. The molecule has 0 bridgehead atoms. The first-order chi connectivity index (χ1) is 7.04. The molecule has 0 spiro atoms. The predicted molar refractivity (Wildman–Crippen MR) is 55.0 cm³/mol. The van der Waals surface area contributed by atoms with Gasteiger partial charge in [0.25, 0.3) is 0 Å². The number of hydrogen-bond acceptors (Lipinski definition) is 0. The minimum Gasteiger partial charge on any atom is -0.166 e. The van der Waals surface area contributed by atoms with Crippen LogP contribution in [0.15, 0.2) is 36.4 Å². The molecule has 0 radical (unpaired) electrons. The van der Waals surface area contributed by atoms with Crippen molar-refractivity contribution >= 4 is 11.6 Å². The number of alkyl halides is 4. The molecule has 0 nitrogen and oxygen atoms in total. The number of benzene rings is 1. The molecule has 0 aliphatic heterocycles. The molecule has 1 rings (SSSR count). The Kier molecular flexibility index (Phi) is 4.21. The third kappa shape index (κ3) is 3.96. The average Bonchev–Trinajstić information content (AvgIpc) is 2.17. The molecule has 15 heavy (non-hydrogen) atoms. The Morgan fingerprint density at radius 3 is 2.53 bits per heavy atom. The maximum absolute atomic E-state index is 12.3. The van der Waals surface area contributed by atoms with Crippen LogP contribution in [-0.4, -0.2) is 5.88 Å². The van der Waals surface area contributed by atoms with Crippen molar-refractivity contribution in [3.8, 4) is 0 Å². The standard InChI is InChI=1S/C11H10ClF3/c12-7-2-1-4-9-5-3-6-10(8-9)11(13,14)15/h1-3,5-6,8H,4,7H2/b2-1+. The van der Waals surface area contributed by atoms with Gasteiger partial charge in [0.2, 0.25) is 0 Å². The van der Waals surface area contributed by atoms with E-state index in [0.717, 1.165) is 12.1 Å². The van der Waals surface area contributed by atoms with Crippen molar-refractivity contribution in [1.82, 2.24) is 0 Å². The van der Waals surface area contributed by atoms with Gasteiger partial charge in [0, 0.05) is 5.88 Å². The van der Waals surface area contributed by atoms with Crippen molar-refractivity contribution in [3.05, 3.63) is 47.5 Å². The summed E-state index contributed by atoms with van der Waals surface area (Å²) in [7, 11) is 0. The molecular weight excluding hydrogens is 225 g/mol. The van der Waals surface area contributed by atoms with Crippen molar-refractivity contribution in [3.63, 3.8) is 0 Å². The van der Waals surface area contributed by atoms with Crippen LogP contribution in [0.3, 0.4) is 0 Å². The van der Waals surface area contributed by atoms with Gasteiger partial charge in [-0.15, -0.1) is 11.6 Å². The highest BCUT2D eigenvalue weighted by Gasteiger charge is 2.30. The van der Waals surface area contributed by atoms with E-state index in [1.807, 2.05) is 0 Å². The van der Waals surface area contributed by atoms with E-state index in [4.69, 9.17) is 11.6 Å². The molecule has 0 aliphatic rings. The Labute approximate surface area is 91.4 Å². The topological polar surface area (TPSA) is 0 Å². The molecule has 1 aromatic rings. The Morgan fingerprint density at radius 2 is 1.93 bits per heavy atom. The third-order valence-corrected chi connectivity index (χ3v) is 2.04. The van der Waals surface area contributed by atoms with Crippen molar-refractivity contribution in [2.75, 3.05) is 5.88 Å². The number of rotatable bonds is 3. The second-order valence-corrected chi connectivity index (χ2v) is 3.34. The van der Waals surface area contributed by atoms with Crippen LogP contribution in [0.5, 0.6) is 0 Å². The zero-order valence-electron chi connectivity index (χ0n) is 7.89. The SMILES string of the molecule is FC(F)(F)c1cccc(C/C=C/CCl)c1. The van der Waals surface area contributed by atoms with Gasteiger partial charge in [-0.05, 0) is 18.1 Å². The number of hydrogen-bond donors (Lipinski definition) is 0. The molecular formula is C11H10ClF3. The van der Waals surface area contributed by atoms with E-state index in [-0.39, 0.29) is 0 Å². The third-order valence-electron chi connectivity index (χ3n) is 1.86. The van der Waals surface area contributed by atoms with Gasteiger partial charge in [0.1, 0.15) is 0 Å². The minimum atomic E-state index is -4.27. The highest BCUT2D eigenvalue weighted by atomic mass is 35.5. The largest absolute Gasteiger partial charge is 0.416 e. The summed E-state index contributed by atoms with van der Waals surface area (Å²) in [5.74, 6) is 0.374. The Bertz CT molecular complexity index is 342. The summed E-state index contributed by atoms with van der Waals surface area (Å²) in [6.45, 7) is 0. The number of halogens is 4. The molecule has 0 heterocycles. The molecule has 0 N–H and O–H groups in total. The van der Waals surface area contributed by atoms with E-state index < -0.39 is 11.7 Å². The highest BCUT2D eigenvalue weighted by Crippen LogP contribution is 2.29. The zero-order valence-corrected chi connectivity index (χ0v) is 8.65. The summed E-state index contributed by atoms with van der Waals surface area (Å²) < 4.78 is 37.0. The van der Waals surface area contributed by atoms with Gasteiger partial charge in [0.05, 0.1) is 5.56 Å². The van der Waals surface area contributed by atoms with Gasteiger partial charge in [0.15, 0.2) is 0 Å². The molecule has 0 saturated carbocycles. The second-order valence-electron chi connectivity index (χ2n) is 3.03. The average molecular weight is 235 g/mol.